The minimum Gasteiger partial charge on any atom is -0.357 e. The zero-order valence-corrected chi connectivity index (χ0v) is 12.6. The molecule has 0 atom stereocenters. The van der Waals surface area contributed by atoms with Crippen LogP contribution in [0.25, 0.3) is 10.9 Å². The second-order valence-corrected chi connectivity index (χ2v) is 6.19. The van der Waals surface area contributed by atoms with Crippen LogP contribution in [0, 0.1) is 0 Å². The van der Waals surface area contributed by atoms with Crippen molar-refractivity contribution < 1.29 is 0 Å². The summed E-state index contributed by atoms with van der Waals surface area (Å²) in [7, 11) is 0. The third-order valence-corrected chi connectivity index (χ3v) is 3.47. The lowest BCUT2D eigenvalue weighted by molar-refractivity contribution is 0.572. The third-order valence-electron chi connectivity index (χ3n) is 3.47. The van der Waals surface area contributed by atoms with Crippen LogP contribution in [0.5, 0.6) is 0 Å². The van der Waals surface area contributed by atoms with E-state index in [9.17, 15) is 0 Å². The molecule has 0 saturated carbocycles. The molecule has 2 aromatic heterocycles. The number of aliphatic imine (C=N–C) groups is 1. The highest BCUT2D eigenvalue weighted by Crippen LogP contribution is 2.24. The van der Waals surface area contributed by atoms with Gasteiger partial charge < -0.3 is 4.98 Å². The van der Waals surface area contributed by atoms with E-state index < -0.39 is 0 Å². The van der Waals surface area contributed by atoms with E-state index in [1.807, 2.05) is 36.5 Å². The van der Waals surface area contributed by atoms with Crippen LogP contribution in [0.15, 0.2) is 53.7 Å². The average molecular weight is 277 g/mol. The molecule has 2 heterocycles. The average Bonchev–Trinajstić information content (AvgIpc) is 2.94. The Labute approximate surface area is 124 Å². The number of benzene rings is 1. The minimum absolute atomic E-state index is 0.118. The summed E-state index contributed by atoms with van der Waals surface area (Å²) in [5, 5.41) is 1.11. The van der Waals surface area contributed by atoms with Crippen LogP contribution in [-0.2, 0) is 5.41 Å². The molecule has 0 aliphatic rings. The van der Waals surface area contributed by atoms with Gasteiger partial charge in [0.25, 0.3) is 0 Å². The van der Waals surface area contributed by atoms with E-state index in [1.54, 1.807) is 6.20 Å². The summed E-state index contributed by atoms with van der Waals surface area (Å²) < 4.78 is 0. The maximum atomic E-state index is 4.58. The molecule has 1 aromatic carbocycles. The summed E-state index contributed by atoms with van der Waals surface area (Å²) >= 11 is 0. The van der Waals surface area contributed by atoms with E-state index in [0.717, 1.165) is 22.3 Å². The number of hydrogen-bond donors (Lipinski definition) is 1. The Morgan fingerprint density at radius 1 is 1.05 bits per heavy atom. The quantitative estimate of drug-likeness (QED) is 0.683. The molecule has 3 aromatic rings. The Morgan fingerprint density at radius 2 is 1.86 bits per heavy atom. The van der Waals surface area contributed by atoms with Gasteiger partial charge >= 0.3 is 0 Å². The van der Waals surface area contributed by atoms with Crippen molar-refractivity contribution >= 4 is 22.8 Å². The van der Waals surface area contributed by atoms with Crippen LogP contribution in [0.2, 0.25) is 0 Å². The first-order valence-electron chi connectivity index (χ1n) is 7.11. The minimum atomic E-state index is 0.118. The second-order valence-electron chi connectivity index (χ2n) is 6.19. The Morgan fingerprint density at radius 3 is 2.62 bits per heavy atom. The van der Waals surface area contributed by atoms with Crippen LogP contribution in [0.4, 0.5) is 5.69 Å². The molecule has 1 N–H and O–H groups in total. The Hall–Kier alpha value is -2.42. The van der Waals surface area contributed by atoms with Gasteiger partial charge in [-0.15, -0.1) is 0 Å². The summed E-state index contributed by atoms with van der Waals surface area (Å²) in [4.78, 5) is 12.4. The van der Waals surface area contributed by atoms with Crippen LogP contribution < -0.4 is 0 Å². The summed E-state index contributed by atoms with van der Waals surface area (Å²) in [6, 6.07) is 14.2. The van der Waals surface area contributed by atoms with Gasteiger partial charge in [0.05, 0.1) is 23.1 Å². The predicted molar refractivity (Wildman–Crippen MR) is 88.5 cm³/mol. The number of pyridine rings is 1. The van der Waals surface area contributed by atoms with Gasteiger partial charge in [-0.2, -0.15) is 0 Å². The summed E-state index contributed by atoms with van der Waals surface area (Å²) in [6.07, 6.45) is 3.66. The number of para-hydroxylation sites is 1. The number of fused-ring (bicyclic) bond motifs is 1. The van der Waals surface area contributed by atoms with Gasteiger partial charge in [-0.25, -0.2) is 0 Å². The molecule has 21 heavy (non-hydrogen) atoms. The number of nitrogens with one attached hydrogen (secondary N) is 1. The molecule has 0 bridgehead atoms. The van der Waals surface area contributed by atoms with Crippen molar-refractivity contribution in [2.45, 2.75) is 26.2 Å². The monoisotopic (exact) mass is 277 g/mol. The van der Waals surface area contributed by atoms with E-state index in [1.165, 1.54) is 5.69 Å². The lowest BCUT2D eigenvalue weighted by atomic mass is 9.93. The number of nitrogens with zero attached hydrogens (tertiary/aromatic N) is 2. The van der Waals surface area contributed by atoms with Crippen molar-refractivity contribution in [2.75, 3.05) is 0 Å². The van der Waals surface area contributed by atoms with Crippen molar-refractivity contribution in [3.05, 3.63) is 60.0 Å². The van der Waals surface area contributed by atoms with Gasteiger partial charge in [0.1, 0.15) is 0 Å². The maximum Gasteiger partial charge on any atom is 0.0958 e. The van der Waals surface area contributed by atoms with Gasteiger partial charge in [0.2, 0.25) is 0 Å². The molecule has 0 saturated heterocycles. The van der Waals surface area contributed by atoms with Gasteiger partial charge in [-0.1, -0.05) is 39.0 Å². The molecule has 0 radical (unpaired) electrons. The van der Waals surface area contributed by atoms with Gasteiger partial charge in [0, 0.05) is 22.7 Å². The normalized spacial score (nSPS) is 12.3. The molecule has 106 valence electrons. The molecule has 0 fully saturated rings. The largest absolute Gasteiger partial charge is 0.357 e. The van der Waals surface area contributed by atoms with Crippen molar-refractivity contribution in [1.82, 2.24) is 9.97 Å². The van der Waals surface area contributed by atoms with Gasteiger partial charge in [-0.3, -0.25) is 9.98 Å². The number of hydrogen-bond acceptors (Lipinski definition) is 2. The highest BCUT2D eigenvalue weighted by Gasteiger charge is 2.14. The van der Waals surface area contributed by atoms with Crippen LogP contribution in [-0.4, -0.2) is 16.2 Å². The number of aromatic amines is 1. The fourth-order valence-electron chi connectivity index (χ4n) is 2.26. The molecule has 0 aliphatic carbocycles. The molecule has 0 spiro atoms. The Balaban J connectivity index is 1.93. The molecule has 3 rings (SSSR count). The van der Waals surface area contributed by atoms with E-state index in [4.69, 9.17) is 0 Å². The highest BCUT2D eigenvalue weighted by molar-refractivity contribution is 5.91. The summed E-state index contributed by atoms with van der Waals surface area (Å²) in [5.41, 5.74) is 4.15. The van der Waals surface area contributed by atoms with E-state index in [2.05, 4.69) is 47.9 Å². The van der Waals surface area contributed by atoms with Crippen molar-refractivity contribution in [1.29, 1.82) is 0 Å². The lowest BCUT2D eigenvalue weighted by Crippen LogP contribution is -2.11. The molecule has 0 unspecified atom stereocenters. The van der Waals surface area contributed by atoms with E-state index >= 15 is 0 Å². The van der Waals surface area contributed by atoms with Crippen molar-refractivity contribution in [2.24, 2.45) is 4.99 Å². The molecule has 0 aliphatic heterocycles. The van der Waals surface area contributed by atoms with E-state index in [-0.39, 0.29) is 5.41 Å². The summed E-state index contributed by atoms with van der Waals surface area (Å²) in [5.74, 6) is 0. The van der Waals surface area contributed by atoms with Crippen LogP contribution >= 0.6 is 0 Å². The second kappa shape index (κ2) is 5.17. The zero-order valence-electron chi connectivity index (χ0n) is 12.6. The van der Waals surface area contributed by atoms with Crippen molar-refractivity contribution in [3.8, 4) is 0 Å². The maximum absolute atomic E-state index is 4.58. The van der Waals surface area contributed by atoms with Crippen LogP contribution in [0.1, 0.15) is 32.2 Å². The highest BCUT2D eigenvalue weighted by atomic mass is 14.8. The first-order valence-corrected chi connectivity index (χ1v) is 7.11. The third kappa shape index (κ3) is 2.87. The van der Waals surface area contributed by atoms with Crippen molar-refractivity contribution in [3.63, 3.8) is 0 Å². The molecule has 3 nitrogen and oxygen atoms in total. The molecular formula is C18H19N3. The van der Waals surface area contributed by atoms with Crippen LogP contribution in [0.3, 0.4) is 0 Å². The molecular weight excluding hydrogens is 258 g/mol. The topological polar surface area (TPSA) is 41.0 Å². The van der Waals surface area contributed by atoms with Gasteiger partial charge in [0.15, 0.2) is 0 Å². The standard InChI is InChI=1S/C18H19N3/c1-18(2,3)16-10-9-14(21-16)12-20-15-8-4-6-13-7-5-11-19-17(13)15/h4-12,21H,1-3H3. The Bertz CT molecular complexity index is 786. The van der Waals surface area contributed by atoms with Gasteiger partial charge in [-0.05, 0) is 24.3 Å². The number of aromatic nitrogens is 2. The Kier molecular flexibility index (Phi) is 3.34. The first-order chi connectivity index (χ1) is 10.0. The zero-order chi connectivity index (χ0) is 14.9. The van der Waals surface area contributed by atoms with E-state index in [0.29, 0.717) is 0 Å². The fraction of sp³-hybridized carbons (Fsp3) is 0.222. The molecule has 0 amide bonds. The summed E-state index contributed by atoms with van der Waals surface area (Å²) in [6.45, 7) is 6.57. The lowest BCUT2D eigenvalue weighted by Gasteiger charge is -2.15. The number of rotatable bonds is 2. The first kappa shape index (κ1) is 13.6. The SMILES string of the molecule is CC(C)(C)c1ccc(C=Nc2cccc3cccnc23)[nH]1. The molecule has 3 heteroatoms. The fourth-order valence-corrected chi connectivity index (χ4v) is 2.26. The predicted octanol–water partition coefficient (Wildman–Crippen LogP) is 4.61. The smallest absolute Gasteiger partial charge is 0.0958 e. The number of H-pyrrole nitrogens is 1.